The second-order valence-corrected chi connectivity index (χ2v) is 5.78. The molecule has 7 nitrogen and oxygen atoms in total. The van der Waals surface area contributed by atoms with E-state index in [-0.39, 0.29) is 12.3 Å². The fourth-order valence-electron chi connectivity index (χ4n) is 2.36. The highest BCUT2D eigenvalue weighted by molar-refractivity contribution is 5.89. The van der Waals surface area contributed by atoms with Gasteiger partial charge in [0.2, 0.25) is 5.91 Å². The number of ether oxygens (including phenoxy) is 1. The van der Waals surface area contributed by atoms with E-state index in [4.69, 9.17) is 9.15 Å². The third-order valence-corrected chi connectivity index (χ3v) is 3.63. The molecule has 1 atom stereocenters. The van der Waals surface area contributed by atoms with Gasteiger partial charge in [0.15, 0.2) is 6.61 Å². The quantitative estimate of drug-likeness (QED) is 0.740. The van der Waals surface area contributed by atoms with Crippen molar-refractivity contribution >= 4 is 28.8 Å². The van der Waals surface area contributed by atoms with Crippen molar-refractivity contribution < 1.29 is 23.5 Å². The Bertz CT molecular complexity index is 781. The minimum Gasteiger partial charge on any atom is -0.464 e. The molecule has 2 N–H and O–H groups in total. The first-order valence-electron chi connectivity index (χ1n) is 8.10. The lowest BCUT2D eigenvalue weighted by atomic mass is 10.1. The molecular formula is C18H22N2O5. The summed E-state index contributed by atoms with van der Waals surface area (Å²) in [6.45, 7) is 5.35. The molecule has 0 spiro atoms. The minimum absolute atomic E-state index is 0.00914. The smallest absolute Gasteiger partial charge is 0.310 e. The lowest BCUT2D eigenvalue weighted by Crippen LogP contribution is -2.46. The Morgan fingerprint density at radius 2 is 2.04 bits per heavy atom. The van der Waals surface area contributed by atoms with Gasteiger partial charge in [0.1, 0.15) is 11.6 Å². The summed E-state index contributed by atoms with van der Waals surface area (Å²) >= 11 is 0. The van der Waals surface area contributed by atoms with E-state index in [9.17, 15) is 14.4 Å². The molecular weight excluding hydrogens is 324 g/mol. The van der Waals surface area contributed by atoms with Gasteiger partial charge in [-0.2, -0.15) is 0 Å². The highest BCUT2D eigenvalue weighted by atomic mass is 16.5. The average molecular weight is 346 g/mol. The van der Waals surface area contributed by atoms with Crippen molar-refractivity contribution in [3.05, 3.63) is 35.6 Å². The monoisotopic (exact) mass is 346 g/mol. The van der Waals surface area contributed by atoms with E-state index in [0.717, 1.165) is 10.9 Å². The molecule has 1 heterocycles. The molecule has 0 saturated heterocycles. The Hall–Kier alpha value is -2.83. The first kappa shape index (κ1) is 18.5. The van der Waals surface area contributed by atoms with Gasteiger partial charge >= 0.3 is 5.97 Å². The van der Waals surface area contributed by atoms with E-state index in [1.165, 1.54) is 6.26 Å². The molecule has 134 valence electrons. The van der Waals surface area contributed by atoms with Crippen molar-refractivity contribution in [3.63, 3.8) is 0 Å². The van der Waals surface area contributed by atoms with Crippen LogP contribution in [0.3, 0.4) is 0 Å². The van der Waals surface area contributed by atoms with E-state index in [1.54, 1.807) is 13.8 Å². The van der Waals surface area contributed by atoms with Crippen LogP contribution in [0.15, 0.2) is 28.9 Å². The van der Waals surface area contributed by atoms with Crippen molar-refractivity contribution in [2.75, 3.05) is 13.2 Å². The van der Waals surface area contributed by atoms with Crippen LogP contribution in [0, 0.1) is 6.92 Å². The van der Waals surface area contributed by atoms with Crippen molar-refractivity contribution in [2.24, 2.45) is 0 Å². The number of nitrogens with one attached hydrogen (secondary N) is 2. The second-order valence-electron chi connectivity index (χ2n) is 5.78. The molecule has 0 saturated carbocycles. The first-order chi connectivity index (χ1) is 11.9. The van der Waals surface area contributed by atoms with Crippen LogP contribution in [-0.4, -0.2) is 37.0 Å². The Labute approximate surface area is 145 Å². The van der Waals surface area contributed by atoms with Gasteiger partial charge in [-0.15, -0.1) is 0 Å². The van der Waals surface area contributed by atoms with Crippen LogP contribution in [0.4, 0.5) is 0 Å². The third-order valence-electron chi connectivity index (χ3n) is 3.63. The maximum absolute atomic E-state index is 11.9. The standard InChI is InChI=1S/C18H22N2O5/c1-4-19-18(23)12(3)20-16(21)10-25-17(22)8-13-9-24-15-7-11(2)5-6-14(13)15/h5-7,9,12H,4,8,10H2,1-3H3,(H,19,23)(H,20,21)/t12-/m1/s1. The molecule has 25 heavy (non-hydrogen) atoms. The summed E-state index contributed by atoms with van der Waals surface area (Å²) in [5.74, 6) is -1.36. The normalized spacial score (nSPS) is 11.8. The molecule has 2 rings (SSSR count). The fraction of sp³-hybridized carbons (Fsp3) is 0.389. The van der Waals surface area contributed by atoms with Crippen LogP contribution in [-0.2, 0) is 25.5 Å². The molecule has 0 fully saturated rings. The molecule has 2 amide bonds. The van der Waals surface area contributed by atoms with Gasteiger partial charge in [-0.3, -0.25) is 14.4 Å². The number of benzene rings is 1. The predicted molar refractivity (Wildman–Crippen MR) is 91.9 cm³/mol. The highest BCUT2D eigenvalue weighted by Crippen LogP contribution is 2.22. The van der Waals surface area contributed by atoms with Gasteiger partial charge in [-0.05, 0) is 32.4 Å². The first-order valence-corrected chi connectivity index (χ1v) is 8.10. The van der Waals surface area contributed by atoms with Crippen LogP contribution in [0.25, 0.3) is 11.0 Å². The van der Waals surface area contributed by atoms with E-state index in [2.05, 4.69) is 10.6 Å². The maximum Gasteiger partial charge on any atom is 0.310 e. The number of furan rings is 1. The molecule has 0 aliphatic heterocycles. The number of amides is 2. The predicted octanol–water partition coefficient (Wildman–Crippen LogP) is 1.47. The Morgan fingerprint density at radius 3 is 2.76 bits per heavy atom. The summed E-state index contributed by atoms with van der Waals surface area (Å²) in [4.78, 5) is 35.2. The number of fused-ring (bicyclic) bond motifs is 1. The Kier molecular flexibility index (Phi) is 6.16. The molecule has 1 aromatic heterocycles. The Balaban J connectivity index is 1.83. The van der Waals surface area contributed by atoms with Crippen LogP contribution >= 0.6 is 0 Å². The van der Waals surface area contributed by atoms with Crippen molar-refractivity contribution in [3.8, 4) is 0 Å². The highest BCUT2D eigenvalue weighted by Gasteiger charge is 2.17. The number of esters is 1. The topological polar surface area (TPSA) is 97.6 Å². The summed E-state index contributed by atoms with van der Waals surface area (Å²) < 4.78 is 10.4. The summed E-state index contributed by atoms with van der Waals surface area (Å²) in [5, 5.41) is 5.91. The molecule has 0 aliphatic carbocycles. The van der Waals surface area contributed by atoms with Crippen molar-refractivity contribution in [2.45, 2.75) is 33.2 Å². The van der Waals surface area contributed by atoms with Crippen LogP contribution in [0.1, 0.15) is 25.0 Å². The molecule has 2 aromatic rings. The van der Waals surface area contributed by atoms with Gasteiger partial charge < -0.3 is 19.8 Å². The number of carbonyl (C=O) groups excluding carboxylic acids is 3. The number of hydrogen-bond donors (Lipinski definition) is 2. The molecule has 0 radical (unpaired) electrons. The molecule has 0 aliphatic rings. The number of carbonyl (C=O) groups is 3. The van der Waals surface area contributed by atoms with E-state index >= 15 is 0 Å². The lowest BCUT2D eigenvalue weighted by Gasteiger charge is -2.13. The van der Waals surface area contributed by atoms with Gasteiger partial charge in [-0.25, -0.2) is 0 Å². The SMILES string of the molecule is CCNC(=O)[C@@H](C)NC(=O)COC(=O)Cc1coc2cc(C)ccc12. The summed E-state index contributed by atoms with van der Waals surface area (Å²) in [7, 11) is 0. The summed E-state index contributed by atoms with van der Waals surface area (Å²) in [6.07, 6.45) is 1.53. The van der Waals surface area contributed by atoms with Crippen LogP contribution < -0.4 is 10.6 Å². The van der Waals surface area contributed by atoms with E-state index in [1.807, 2.05) is 25.1 Å². The molecule has 1 aromatic carbocycles. The number of hydrogen-bond acceptors (Lipinski definition) is 5. The molecule has 7 heteroatoms. The fourth-order valence-corrected chi connectivity index (χ4v) is 2.36. The van der Waals surface area contributed by atoms with Gasteiger partial charge in [-0.1, -0.05) is 12.1 Å². The summed E-state index contributed by atoms with van der Waals surface area (Å²) in [5.41, 5.74) is 2.47. The van der Waals surface area contributed by atoms with E-state index < -0.39 is 24.5 Å². The van der Waals surface area contributed by atoms with E-state index in [0.29, 0.717) is 17.7 Å². The zero-order chi connectivity index (χ0) is 18.4. The number of rotatable bonds is 7. The van der Waals surface area contributed by atoms with Crippen molar-refractivity contribution in [1.29, 1.82) is 0 Å². The Morgan fingerprint density at radius 1 is 1.28 bits per heavy atom. The average Bonchev–Trinajstić information content (AvgIpc) is 2.95. The number of likely N-dealkylation sites (N-methyl/N-ethyl adjacent to an activating group) is 1. The summed E-state index contributed by atoms with van der Waals surface area (Å²) in [6, 6.07) is 5.02. The van der Waals surface area contributed by atoms with Crippen LogP contribution in [0.2, 0.25) is 0 Å². The maximum atomic E-state index is 11.9. The lowest BCUT2D eigenvalue weighted by molar-refractivity contribution is -0.148. The zero-order valence-corrected chi connectivity index (χ0v) is 14.5. The zero-order valence-electron chi connectivity index (χ0n) is 14.5. The van der Waals surface area contributed by atoms with Crippen LogP contribution in [0.5, 0.6) is 0 Å². The number of aryl methyl sites for hydroxylation is 1. The van der Waals surface area contributed by atoms with Gasteiger partial charge in [0.05, 0.1) is 12.7 Å². The second kappa shape index (κ2) is 8.32. The van der Waals surface area contributed by atoms with Gasteiger partial charge in [0, 0.05) is 17.5 Å². The third kappa shape index (κ3) is 5.07. The molecule has 0 bridgehead atoms. The minimum atomic E-state index is -0.688. The van der Waals surface area contributed by atoms with Gasteiger partial charge in [0.25, 0.3) is 5.91 Å². The largest absolute Gasteiger partial charge is 0.464 e. The van der Waals surface area contributed by atoms with Crippen molar-refractivity contribution in [1.82, 2.24) is 10.6 Å². The molecule has 0 unspecified atom stereocenters.